The van der Waals surface area contributed by atoms with Gasteiger partial charge in [-0.25, -0.2) is 0 Å². The van der Waals surface area contributed by atoms with Crippen molar-refractivity contribution in [3.8, 4) is 0 Å². The van der Waals surface area contributed by atoms with Crippen LogP contribution < -0.4 is 222 Å². The Hall–Kier alpha value is 6.65. The predicted molar refractivity (Wildman–Crippen MR) is 2.75 cm³/mol. The van der Waals surface area contributed by atoms with Crippen LogP contribution in [0.1, 0.15) is 0 Å². The summed E-state index contributed by atoms with van der Waals surface area (Å²) in [6.07, 6.45) is 0. The Balaban J connectivity index is -0.0000000178. The van der Waals surface area contributed by atoms with Crippen molar-refractivity contribution in [1.82, 2.24) is 0 Å². The summed E-state index contributed by atoms with van der Waals surface area (Å²) in [6.45, 7) is 0. The molecule has 8 nitrogen and oxygen atoms in total. The second-order valence-corrected chi connectivity index (χ2v) is 3.37. The van der Waals surface area contributed by atoms with Crippen molar-refractivity contribution in [2.75, 3.05) is 0 Å². The van der Waals surface area contributed by atoms with Gasteiger partial charge in [0.05, 0.1) is 0 Å². The van der Waals surface area contributed by atoms with Gasteiger partial charge in [0.2, 0.25) is 0 Å². The van der Waals surface area contributed by atoms with Crippen LogP contribution in [0.15, 0.2) is 0 Å². The number of hydrogen-bond acceptors (Lipinski definition) is 8. The van der Waals surface area contributed by atoms with Crippen molar-refractivity contribution in [3.05, 3.63) is 0 Å². The fraction of sp³-hybridized carbons (Fsp3) is 0. The van der Waals surface area contributed by atoms with Gasteiger partial charge in [0.25, 0.3) is 0 Å². The molecule has 0 aromatic rings. The molecule has 0 aromatic heterocycles. The van der Waals surface area contributed by atoms with Crippen LogP contribution >= 0.6 is 0 Å². The molecule has 0 rings (SSSR count). The van der Waals surface area contributed by atoms with E-state index in [0.29, 0.717) is 0 Å². The van der Waals surface area contributed by atoms with Crippen LogP contribution in [0, 0.1) is 0 Å². The number of hydrogen-bond donors (Lipinski definition) is 0. The first-order chi connectivity index (χ1) is 4.00. The average molecular weight is 388 g/mol. The molecule has 0 aliphatic carbocycles. The van der Waals surface area contributed by atoms with Crippen molar-refractivity contribution in [2.24, 2.45) is 0 Å². The average Bonchev–Trinajstić information content (AvgIpc) is 1.12. The van der Waals surface area contributed by atoms with Crippen LogP contribution in [0.5, 0.6) is 0 Å². The van der Waals surface area contributed by atoms with Crippen LogP contribution in [-0.4, -0.2) is 0 Å². The Morgan fingerprint density at radius 3 is 0.500 bits per heavy atom. The molecule has 0 saturated heterocycles. The van der Waals surface area contributed by atoms with E-state index in [1.807, 2.05) is 0 Å². The zero-order valence-electron chi connectivity index (χ0n) is 8.08. The molecule has 0 heterocycles. The van der Waals surface area contributed by atoms with Crippen LogP contribution in [0.4, 0.5) is 0 Å². The monoisotopic (exact) mass is 388 g/mol. The third-order valence-electron chi connectivity index (χ3n) is 0. The molecule has 64 valence electrons. The second-order valence-electron chi connectivity index (χ2n) is 0.816. The van der Waals surface area contributed by atoms with Gasteiger partial charge < -0.3 is 0 Å². The zero-order valence-corrected chi connectivity index (χ0v) is 23.1. The van der Waals surface area contributed by atoms with E-state index in [4.69, 9.17) is 31.8 Å². The van der Waals surface area contributed by atoms with Crippen LogP contribution in [0.3, 0.4) is 0 Å². The SMILES string of the molecule is [K+].[K+].[K+].[K+].[O]=[Cr](=[O])([O-])[O-].[O]=[Cr](=[O])([O-])[O-]. The summed E-state index contributed by atoms with van der Waals surface area (Å²) in [4.78, 5) is 0. The van der Waals surface area contributed by atoms with Gasteiger partial charge in [-0.15, -0.1) is 0 Å². The summed E-state index contributed by atoms with van der Waals surface area (Å²) in [6, 6.07) is 0. The maximum absolute atomic E-state index is 8.59. The first-order valence-corrected chi connectivity index (χ1v) is 5.50. The summed E-state index contributed by atoms with van der Waals surface area (Å²) in [7, 11) is 0. The molecule has 0 radical (unpaired) electrons. The van der Waals surface area contributed by atoms with Gasteiger partial charge >= 0.3 is 265 Å². The van der Waals surface area contributed by atoms with Crippen molar-refractivity contribution in [2.45, 2.75) is 0 Å². The topological polar surface area (TPSA) is 161 Å². The van der Waals surface area contributed by atoms with Crippen LogP contribution in [-0.2, 0) is 42.4 Å². The molecule has 0 unspecified atom stereocenters. The normalized spacial score (nSPS) is 8.29. The summed E-state index contributed by atoms with van der Waals surface area (Å²) >= 11 is -11.5. The van der Waals surface area contributed by atoms with Gasteiger partial charge in [0.1, 0.15) is 0 Å². The predicted octanol–water partition coefficient (Wildman–Crippen LogP) is -17.2. The van der Waals surface area contributed by atoms with Crippen molar-refractivity contribution in [1.29, 1.82) is 0 Å². The van der Waals surface area contributed by atoms with Gasteiger partial charge in [-0.3, -0.25) is 0 Å². The summed E-state index contributed by atoms with van der Waals surface area (Å²) in [5, 5.41) is 0. The molecule has 0 saturated carbocycles. The fourth-order valence-corrected chi connectivity index (χ4v) is 0. The fourth-order valence-electron chi connectivity index (χ4n) is 0. The van der Waals surface area contributed by atoms with E-state index in [2.05, 4.69) is 0 Å². The molecule has 0 atom stereocenters. The molecule has 14 heteroatoms. The third kappa shape index (κ3) is 131. The van der Waals surface area contributed by atoms with Crippen molar-refractivity contribution >= 4 is 0 Å². The molecule has 0 spiro atoms. The summed E-state index contributed by atoms with van der Waals surface area (Å²) in [5.41, 5.74) is 0. The molecular weight excluding hydrogens is 388 g/mol. The zero-order chi connectivity index (χ0) is 9.00. The standard InChI is InChI=1S/2Cr.4K.8O/q;;4*+1;;;;;4*-1. The Morgan fingerprint density at radius 1 is 0.500 bits per heavy atom. The Labute approximate surface area is 255 Å². The number of rotatable bonds is 0. The summed E-state index contributed by atoms with van der Waals surface area (Å²) < 4.78 is 68.8. The molecule has 0 N–H and O–H groups in total. The molecule has 0 fully saturated rings. The van der Waals surface area contributed by atoms with Crippen LogP contribution in [0.25, 0.3) is 0 Å². The Kier molecular flexibility index (Phi) is 52.1. The first kappa shape index (κ1) is 37.2. The molecule has 0 aliphatic rings. The Morgan fingerprint density at radius 2 is 0.500 bits per heavy atom. The molecule has 0 aliphatic heterocycles. The van der Waals surface area contributed by atoms with Crippen molar-refractivity contribution < 1.29 is 265 Å². The second kappa shape index (κ2) is 19.7. The van der Waals surface area contributed by atoms with E-state index in [1.54, 1.807) is 0 Å². The summed E-state index contributed by atoms with van der Waals surface area (Å²) in [5.74, 6) is 0. The van der Waals surface area contributed by atoms with E-state index < -0.39 is 27.2 Å². The maximum atomic E-state index is 8.59. The molecule has 14 heavy (non-hydrogen) atoms. The minimum atomic E-state index is -5.75. The van der Waals surface area contributed by atoms with Gasteiger partial charge in [0, 0.05) is 0 Å². The molecule has 0 aromatic carbocycles. The van der Waals surface area contributed by atoms with Gasteiger partial charge in [-0.1, -0.05) is 0 Å². The van der Waals surface area contributed by atoms with E-state index >= 15 is 0 Å². The van der Waals surface area contributed by atoms with Gasteiger partial charge in [-0.05, 0) is 0 Å². The van der Waals surface area contributed by atoms with E-state index in [1.165, 1.54) is 0 Å². The van der Waals surface area contributed by atoms with E-state index in [-0.39, 0.29) is 206 Å². The minimum absolute atomic E-state index is 0. The third-order valence-corrected chi connectivity index (χ3v) is 0. The molecule has 0 bridgehead atoms. The molecular formula is Cr2K4O8. The van der Waals surface area contributed by atoms with Gasteiger partial charge in [-0.2, -0.15) is 0 Å². The van der Waals surface area contributed by atoms with Crippen LogP contribution in [0.2, 0.25) is 0 Å². The molecule has 0 amide bonds. The van der Waals surface area contributed by atoms with Gasteiger partial charge in [0.15, 0.2) is 0 Å². The Bertz CT molecular complexity index is 216. The quantitative estimate of drug-likeness (QED) is 0.370. The first-order valence-electron chi connectivity index (χ1n) is 1.33. The van der Waals surface area contributed by atoms with E-state index in [9.17, 15) is 0 Å². The van der Waals surface area contributed by atoms with E-state index in [0.717, 1.165) is 0 Å². The van der Waals surface area contributed by atoms with Crippen molar-refractivity contribution in [3.63, 3.8) is 0 Å².